The molecule has 0 bridgehead atoms. The molecule has 0 heterocycles. The lowest BCUT2D eigenvalue weighted by atomic mass is 10.2. The third-order valence-corrected chi connectivity index (χ3v) is 4.47. The summed E-state index contributed by atoms with van der Waals surface area (Å²) in [6, 6.07) is 5.73. The molecule has 1 atom stereocenters. The van der Waals surface area contributed by atoms with E-state index in [1.165, 1.54) is 20.1 Å². The third kappa shape index (κ3) is 5.02. The lowest BCUT2D eigenvalue weighted by molar-refractivity contribution is -0.123. The minimum Gasteiger partial charge on any atom is -0.496 e. The molecule has 0 aliphatic carbocycles. The molecule has 0 spiro atoms. The van der Waals surface area contributed by atoms with E-state index in [0.717, 1.165) is 30.3 Å². The van der Waals surface area contributed by atoms with Crippen LogP contribution in [0.25, 0.3) is 0 Å². The maximum Gasteiger partial charge on any atom is 0.342 e. The number of carbonyl (C=O) groups is 2. The van der Waals surface area contributed by atoms with Gasteiger partial charge in [-0.2, -0.15) is 0 Å². The maximum absolute atomic E-state index is 13.6. The summed E-state index contributed by atoms with van der Waals surface area (Å²) in [6.07, 6.45) is -1.42. The standard InChI is InChI=1S/C17H16F2N2O6S/c1-9(16(22)21-14-7-10(18)3-5-13(14)19)27-17(23)12-8-11(28(20,24)25)4-6-15(12)26-2/h3-9H,1-2H3,(H,21,22)(H2,20,24,25)/t9-/m1/s1. The normalized spacial score (nSPS) is 12.2. The number of ether oxygens (including phenoxy) is 2. The number of methoxy groups -OCH3 is 1. The number of amides is 1. The molecular weight excluding hydrogens is 398 g/mol. The van der Waals surface area contributed by atoms with Crippen LogP contribution >= 0.6 is 0 Å². The lowest BCUT2D eigenvalue weighted by Gasteiger charge is -2.15. The Morgan fingerprint density at radius 3 is 2.43 bits per heavy atom. The van der Waals surface area contributed by atoms with Crippen LogP contribution in [0, 0.1) is 11.6 Å². The van der Waals surface area contributed by atoms with Gasteiger partial charge in [0, 0.05) is 6.07 Å². The van der Waals surface area contributed by atoms with Gasteiger partial charge in [-0.3, -0.25) is 4.79 Å². The van der Waals surface area contributed by atoms with Gasteiger partial charge >= 0.3 is 5.97 Å². The van der Waals surface area contributed by atoms with Crippen molar-refractivity contribution in [2.75, 3.05) is 12.4 Å². The second-order valence-electron chi connectivity index (χ2n) is 5.57. The van der Waals surface area contributed by atoms with Crippen molar-refractivity contribution in [1.82, 2.24) is 0 Å². The van der Waals surface area contributed by atoms with Crippen molar-refractivity contribution in [3.05, 3.63) is 53.6 Å². The van der Waals surface area contributed by atoms with Crippen molar-refractivity contribution < 1.29 is 36.3 Å². The van der Waals surface area contributed by atoms with Gasteiger partial charge in [-0.1, -0.05) is 0 Å². The summed E-state index contributed by atoms with van der Waals surface area (Å²) in [5.74, 6) is -3.67. The molecule has 3 N–H and O–H groups in total. The first-order valence-electron chi connectivity index (χ1n) is 7.70. The highest BCUT2D eigenvalue weighted by Gasteiger charge is 2.24. The Balaban J connectivity index is 2.19. The SMILES string of the molecule is COc1ccc(S(N)(=O)=O)cc1C(=O)O[C@H](C)C(=O)Nc1cc(F)ccc1F. The van der Waals surface area contributed by atoms with E-state index in [1.54, 1.807) is 0 Å². The highest BCUT2D eigenvalue weighted by molar-refractivity contribution is 7.89. The zero-order chi connectivity index (χ0) is 21.1. The fourth-order valence-corrected chi connectivity index (χ4v) is 2.67. The quantitative estimate of drug-likeness (QED) is 0.695. The molecule has 0 saturated heterocycles. The molecule has 0 aliphatic rings. The Labute approximate surface area is 159 Å². The number of rotatable bonds is 6. The Morgan fingerprint density at radius 1 is 1.14 bits per heavy atom. The molecule has 0 aliphatic heterocycles. The average molecular weight is 414 g/mol. The van der Waals surface area contributed by atoms with Crippen LogP contribution in [0.4, 0.5) is 14.5 Å². The van der Waals surface area contributed by atoms with Crippen LogP contribution < -0.4 is 15.2 Å². The topological polar surface area (TPSA) is 125 Å². The van der Waals surface area contributed by atoms with E-state index in [-0.39, 0.29) is 16.2 Å². The Bertz CT molecular complexity index is 1030. The highest BCUT2D eigenvalue weighted by Crippen LogP contribution is 2.23. The second-order valence-corrected chi connectivity index (χ2v) is 7.13. The van der Waals surface area contributed by atoms with Gasteiger partial charge in [0.15, 0.2) is 6.10 Å². The molecule has 0 unspecified atom stereocenters. The summed E-state index contributed by atoms with van der Waals surface area (Å²) in [5.41, 5.74) is -0.715. The summed E-state index contributed by atoms with van der Waals surface area (Å²) >= 11 is 0. The van der Waals surface area contributed by atoms with Gasteiger partial charge < -0.3 is 14.8 Å². The van der Waals surface area contributed by atoms with E-state index in [9.17, 15) is 26.8 Å². The fourth-order valence-electron chi connectivity index (χ4n) is 2.13. The van der Waals surface area contributed by atoms with Crippen molar-refractivity contribution in [2.24, 2.45) is 5.14 Å². The molecule has 2 aromatic carbocycles. The minimum atomic E-state index is -4.10. The number of halogens is 2. The van der Waals surface area contributed by atoms with E-state index in [4.69, 9.17) is 14.6 Å². The van der Waals surface area contributed by atoms with Crippen molar-refractivity contribution in [3.8, 4) is 5.75 Å². The van der Waals surface area contributed by atoms with Gasteiger partial charge in [-0.25, -0.2) is 27.1 Å². The second kappa shape index (κ2) is 8.31. The smallest absolute Gasteiger partial charge is 0.342 e. The monoisotopic (exact) mass is 414 g/mol. The van der Waals surface area contributed by atoms with Crippen molar-refractivity contribution in [2.45, 2.75) is 17.9 Å². The number of carbonyl (C=O) groups excluding carboxylic acids is 2. The number of hydrogen-bond donors (Lipinski definition) is 2. The zero-order valence-corrected chi connectivity index (χ0v) is 15.5. The Kier molecular flexibility index (Phi) is 6.31. The number of nitrogens with two attached hydrogens (primary N) is 1. The predicted molar refractivity (Wildman–Crippen MR) is 94.2 cm³/mol. The van der Waals surface area contributed by atoms with Crippen LogP contribution in [-0.4, -0.2) is 33.5 Å². The van der Waals surface area contributed by atoms with Gasteiger partial charge in [-0.05, 0) is 37.3 Å². The summed E-state index contributed by atoms with van der Waals surface area (Å²) in [6.45, 7) is 1.19. The Morgan fingerprint density at radius 2 is 1.82 bits per heavy atom. The van der Waals surface area contributed by atoms with Gasteiger partial charge in [0.05, 0.1) is 17.7 Å². The number of sulfonamides is 1. The van der Waals surface area contributed by atoms with Gasteiger partial charge in [-0.15, -0.1) is 0 Å². The fraction of sp³-hybridized carbons (Fsp3) is 0.176. The summed E-state index contributed by atoms with van der Waals surface area (Å²) < 4.78 is 59.6. The zero-order valence-electron chi connectivity index (χ0n) is 14.7. The number of nitrogens with one attached hydrogen (secondary N) is 1. The number of esters is 1. The lowest BCUT2D eigenvalue weighted by Crippen LogP contribution is -2.30. The molecule has 2 rings (SSSR count). The maximum atomic E-state index is 13.6. The first kappa shape index (κ1) is 21.3. The van der Waals surface area contributed by atoms with E-state index in [0.29, 0.717) is 0 Å². The van der Waals surface area contributed by atoms with E-state index >= 15 is 0 Å². The predicted octanol–water partition coefficient (Wildman–Crippen LogP) is 1.80. The van der Waals surface area contributed by atoms with Crippen molar-refractivity contribution >= 4 is 27.6 Å². The minimum absolute atomic E-state index is 0.0128. The van der Waals surface area contributed by atoms with E-state index < -0.39 is 45.3 Å². The number of benzene rings is 2. The third-order valence-electron chi connectivity index (χ3n) is 3.56. The first-order valence-corrected chi connectivity index (χ1v) is 9.25. The summed E-state index contributed by atoms with van der Waals surface area (Å²) in [4.78, 5) is 24.1. The van der Waals surface area contributed by atoms with Crippen molar-refractivity contribution in [3.63, 3.8) is 0 Å². The van der Waals surface area contributed by atoms with Gasteiger partial charge in [0.25, 0.3) is 5.91 Å². The molecule has 0 radical (unpaired) electrons. The molecule has 28 heavy (non-hydrogen) atoms. The molecular formula is C17H16F2N2O6S. The van der Waals surface area contributed by atoms with Crippen molar-refractivity contribution in [1.29, 1.82) is 0 Å². The number of hydrogen-bond acceptors (Lipinski definition) is 6. The van der Waals surface area contributed by atoms with Crippen LogP contribution in [0.1, 0.15) is 17.3 Å². The molecule has 11 heteroatoms. The van der Waals surface area contributed by atoms with Crippen LogP contribution in [0.3, 0.4) is 0 Å². The Hall–Kier alpha value is -3.05. The van der Waals surface area contributed by atoms with E-state index in [1.807, 2.05) is 0 Å². The van der Waals surface area contributed by atoms with Gasteiger partial charge in [0.1, 0.15) is 22.9 Å². The van der Waals surface area contributed by atoms with Crippen LogP contribution in [0.2, 0.25) is 0 Å². The van der Waals surface area contributed by atoms with Crippen LogP contribution in [0.5, 0.6) is 5.75 Å². The summed E-state index contributed by atoms with van der Waals surface area (Å²) in [5, 5.41) is 7.12. The number of anilines is 1. The largest absolute Gasteiger partial charge is 0.496 e. The molecule has 8 nitrogen and oxygen atoms in total. The van der Waals surface area contributed by atoms with Gasteiger partial charge in [0.2, 0.25) is 10.0 Å². The molecule has 2 aromatic rings. The molecule has 0 aromatic heterocycles. The molecule has 0 fully saturated rings. The molecule has 1 amide bonds. The molecule has 0 saturated carbocycles. The van der Waals surface area contributed by atoms with Crippen LogP contribution in [-0.2, 0) is 19.6 Å². The molecule has 150 valence electrons. The highest BCUT2D eigenvalue weighted by atomic mass is 32.2. The summed E-state index contributed by atoms with van der Waals surface area (Å²) in [7, 11) is -2.86. The van der Waals surface area contributed by atoms with E-state index in [2.05, 4.69) is 5.32 Å². The first-order chi connectivity index (χ1) is 13.0. The van der Waals surface area contributed by atoms with Crippen LogP contribution in [0.15, 0.2) is 41.3 Å². The average Bonchev–Trinajstić information content (AvgIpc) is 2.63. The number of primary sulfonamides is 1.